The number of hydrogen-bond donors (Lipinski definition) is 1. The summed E-state index contributed by atoms with van der Waals surface area (Å²) in [5.74, 6) is 0.545. The Morgan fingerprint density at radius 2 is 2.24 bits per heavy atom. The highest BCUT2D eigenvalue weighted by Crippen LogP contribution is 2.32. The quantitative estimate of drug-likeness (QED) is 0.752. The van der Waals surface area contributed by atoms with E-state index in [4.69, 9.17) is 0 Å². The third-order valence-corrected chi connectivity index (χ3v) is 4.41. The van der Waals surface area contributed by atoms with Crippen LogP contribution in [0.4, 0.5) is 5.82 Å². The van der Waals surface area contributed by atoms with Crippen molar-refractivity contribution in [2.45, 2.75) is 24.2 Å². The lowest BCUT2D eigenvalue weighted by Gasteiger charge is -2.29. The number of nitrogens with one attached hydrogen (secondary N) is 1. The summed E-state index contributed by atoms with van der Waals surface area (Å²) in [7, 11) is -3.47. The van der Waals surface area contributed by atoms with Crippen molar-refractivity contribution in [3.63, 3.8) is 0 Å². The predicted molar refractivity (Wildman–Crippen MR) is 63.8 cm³/mol. The van der Waals surface area contributed by atoms with Crippen molar-refractivity contribution >= 4 is 15.8 Å². The number of allylic oxidation sites excluding steroid dienone is 1. The Hall–Kier alpha value is -1.56. The first-order chi connectivity index (χ1) is 8.18. The highest BCUT2D eigenvalue weighted by molar-refractivity contribution is 7.89. The molecular formula is C11H13N3O2S. The molecule has 1 aromatic rings. The second-order valence-corrected chi connectivity index (χ2v) is 5.87. The van der Waals surface area contributed by atoms with Gasteiger partial charge in [0.25, 0.3) is 10.0 Å². The monoisotopic (exact) mass is 251 g/mol. The van der Waals surface area contributed by atoms with Crippen LogP contribution >= 0.6 is 0 Å². The average molecular weight is 251 g/mol. The summed E-state index contributed by atoms with van der Waals surface area (Å²) in [6, 6.07) is 3.24. The first kappa shape index (κ1) is 10.6. The molecule has 0 aromatic carbocycles. The molecule has 3 heterocycles. The Labute approximate surface area is 100 Å². The van der Waals surface area contributed by atoms with Gasteiger partial charge in [0, 0.05) is 24.6 Å². The van der Waals surface area contributed by atoms with Gasteiger partial charge >= 0.3 is 0 Å². The molecule has 1 fully saturated rings. The van der Waals surface area contributed by atoms with Gasteiger partial charge in [-0.3, -0.25) is 4.72 Å². The SMILES string of the molecule is O=S1(=O)NC=C2CCCCN2c2ncccc21. The molecule has 17 heavy (non-hydrogen) atoms. The van der Waals surface area contributed by atoms with E-state index in [1.165, 1.54) is 0 Å². The second-order valence-electron chi connectivity index (χ2n) is 4.19. The van der Waals surface area contributed by atoms with Gasteiger partial charge in [0.2, 0.25) is 0 Å². The van der Waals surface area contributed by atoms with Crippen LogP contribution in [0.3, 0.4) is 0 Å². The zero-order chi connectivity index (χ0) is 11.9. The summed E-state index contributed by atoms with van der Waals surface area (Å²) >= 11 is 0. The third-order valence-electron chi connectivity index (χ3n) is 3.09. The smallest absolute Gasteiger partial charge is 0.265 e. The minimum Gasteiger partial charge on any atom is -0.328 e. The molecule has 1 N–H and O–H groups in total. The minimum absolute atomic E-state index is 0.258. The van der Waals surface area contributed by atoms with Crippen LogP contribution in [0.1, 0.15) is 19.3 Å². The number of aromatic nitrogens is 1. The summed E-state index contributed by atoms with van der Waals surface area (Å²) in [6.07, 6.45) is 6.26. The van der Waals surface area contributed by atoms with E-state index >= 15 is 0 Å². The normalized spacial score (nSPS) is 21.6. The number of hydrogen-bond acceptors (Lipinski definition) is 4. The Kier molecular flexibility index (Phi) is 2.32. The standard InChI is InChI=1S/C11H13N3O2S/c15-17(16)10-5-3-6-12-11(10)14-7-2-1-4-9(14)8-13-17/h3,5-6,8,13H,1-2,4,7H2. The molecule has 3 rings (SSSR count). The molecule has 5 nitrogen and oxygen atoms in total. The maximum Gasteiger partial charge on any atom is 0.265 e. The maximum atomic E-state index is 12.0. The van der Waals surface area contributed by atoms with Crippen molar-refractivity contribution < 1.29 is 8.42 Å². The lowest BCUT2D eigenvalue weighted by Crippen LogP contribution is -2.28. The van der Waals surface area contributed by atoms with Crippen molar-refractivity contribution in [1.82, 2.24) is 9.71 Å². The zero-order valence-corrected chi connectivity index (χ0v) is 10.1. The average Bonchev–Trinajstić information content (AvgIpc) is 2.47. The van der Waals surface area contributed by atoms with E-state index in [0.717, 1.165) is 31.5 Å². The van der Waals surface area contributed by atoms with Crippen LogP contribution in [-0.2, 0) is 10.0 Å². The molecular weight excluding hydrogens is 238 g/mol. The van der Waals surface area contributed by atoms with Crippen LogP contribution in [0.15, 0.2) is 35.1 Å². The number of fused-ring (bicyclic) bond motifs is 3. The molecule has 0 amide bonds. The minimum atomic E-state index is -3.47. The van der Waals surface area contributed by atoms with Gasteiger partial charge in [0.15, 0.2) is 5.82 Å². The van der Waals surface area contributed by atoms with E-state index in [-0.39, 0.29) is 4.90 Å². The number of pyridine rings is 1. The van der Waals surface area contributed by atoms with E-state index in [2.05, 4.69) is 9.71 Å². The van der Waals surface area contributed by atoms with Gasteiger partial charge in [0.05, 0.1) is 0 Å². The predicted octanol–water partition coefficient (Wildman–Crippen LogP) is 1.21. The van der Waals surface area contributed by atoms with Crippen LogP contribution in [-0.4, -0.2) is 19.9 Å². The third kappa shape index (κ3) is 1.68. The van der Waals surface area contributed by atoms with Crippen molar-refractivity contribution in [3.8, 4) is 0 Å². The van der Waals surface area contributed by atoms with E-state index in [1.807, 2.05) is 4.90 Å². The number of piperidine rings is 1. The summed E-state index contributed by atoms with van der Waals surface area (Å²) in [6.45, 7) is 0.826. The molecule has 0 spiro atoms. The van der Waals surface area contributed by atoms with Crippen molar-refractivity contribution in [1.29, 1.82) is 0 Å². The lowest BCUT2D eigenvalue weighted by molar-refractivity contribution is 0.591. The molecule has 0 unspecified atom stereocenters. The van der Waals surface area contributed by atoms with Gasteiger partial charge in [-0.15, -0.1) is 0 Å². The molecule has 0 atom stereocenters. The molecule has 1 saturated heterocycles. The first-order valence-electron chi connectivity index (χ1n) is 5.62. The van der Waals surface area contributed by atoms with E-state index < -0.39 is 10.0 Å². The molecule has 90 valence electrons. The fourth-order valence-electron chi connectivity index (χ4n) is 2.25. The Morgan fingerprint density at radius 1 is 1.35 bits per heavy atom. The van der Waals surface area contributed by atoms with Crippen molar-refractivity contribution in [2.24, 2.45) is 0 Å². The van der Waals surface area contributed by atoms with Gasteiger partial charge in [-0.1, -0.05) is 0 Å². The molecule has 0 radical (unpaired) electrons. The highest BCUT2D eigenvalue weighted by atomic mass is 32.2. The Balaban J connectivity index is 2.22. The lowest BCUT2D eigenvalue weighted by atomic mass is 10.1. The fourth-order valence-corrected chi connectivity index (χ4v) is 3.33. The van der Waals surface area contributed by atoms with Gasteiger partial charge in [0.1, 0.15) is 4.90 Å². The molecule has 2 aliphatic rings. The van der Waals surface area contributed by atoms with Crippen molar-refractivity contribution in [2.75, 3.05) is 11.4 Å². The van der Waals surface area contributed by atoms with E-state index in [9.17, 15) is 8.42 Å². The molecule has 0 aliphatic carbocycles. The van der Waals surface area contributed by atoms with Gasteiger partial charge in [-0.05, 0) is 31.4 Å². The van der Waals surface area contributed by atoms with E-state index in [0.29, 0.717) is 5.82 Å². The van der Waals surface area contributed by atoms with Gasteiger partial charge in [-0.2, -0.15) is 0 Å². The molecule has 2 aliphatic heterocycles. The highest BCUT2D eigenvalue weighted by Gasteiger charge is 2.28. The summed E-state index contributed by atoms with van der Waals surface area (Å²) in [5.41, 5.74) is 0.997. The Morgan fingerprint density at radius 3 is 3.12 bits per heavy atom. The zero-order valence-electron chi connectivity index (χ0n) is 9.26. The Bertz CT molecular complexity index is 580. The largest absolute Gasteiger partial charge is 0.328 e. The number of rotatable bonds is 0. The van der Waals surface area contributed by atoms with Crippen molar-refractivity contribution in [3.05, 3.63) is 30.2 Å². The van der Waals surface area contributed by atoms with Gasteiger partial charge in [-0.25, -0.2) is 13.4 Å². The first-order valence-corrected chi connectivity index (χ1v) is 7.11. The second kappa shape index (κ2) is 3.73. The van der Waals surface area contributed by atoms with Crippen LogP contribution in [0, 0.1) is 0 Å². The fraction of sp³-hybridized carbons (Fsp3) is 0.364. The summed E-state index contributed by atoms with van der Waals surface area (Å²) in [4.78, 5) is 6.48. The topological polar surface area (TPSA) is 62.3 Å². The van der Waals surface area contributed by atoms with Crippen LogP contribution in [0.5, 0.6) is 0 Å². The molecule has 0 saturated carbocycles. The van der Waals surface area contributed by atoms with Crippen LogP contribution < -0.4 is 9.62 Å². The number of nitrogens with zero attached hydrogens (tertiary/aromatic N) is 2. The van der Waals surface area contributed by atoms with Gasteiger partial charge < -0.3 is 4.90 Å². The molecule has 6 heteroatoms. The van der Waals surface area contributed by atoms with Crippen LogP contribution in [0.25, 0.3) is 0 Å². The molecule has 1 aromatic heterocycles. The molecule has 0 bridgehead atoms. The summed E-state index contributed by atoms with van der Waals surface area (Å²) < 4.78 is 26.5. The number of sulfonamides is 1. The van der Waals surface area contributed by atoms with Crippen LogP contribution in [0.2, 0.25) is 0 Å². The number of anilines is 1. The van der Waals surface area contributed by atoms with E-state index in [1.54, 1.807) is 24.5 Å². The maximum absolute atomic E-state index is 12.0. The summed E-state index contributed by atoms with van der Waals surface area (Å²) in [5, 5.41) is 0.